The lowest BCUT2D eigenvalue weighted by atomic mass is 9.88. The number of allylic oxidation sites excluding steroid dienone is 2. The van der Waals surface area contributed by atoms with Gasteiger partial charge in [0.2, 0.25) is 0 Å². The Hall–Kier alpha value is -1.97. The van der Waals surface area contributed by atoms with E-state index in [1.807, 2.05) is 19.9 Å². The number of hydrogen-bond donors (Lipinski definition) is 0. The van der Waals surface area contributed by atoms with E-state index in [1.54, 1.807) is 0 Å². The first kappa shape index (κ1) is 24.3. The van der Waals surface area contributed by atoms with Crippen LogP contribution in [0.4, 0.5) is 8.78 Å². The minimum atomic E-state index is -1.24. The SMILES string of the molecule is C=C/C(Oc1cc(F)cc(C#N)c1)=C1/CC(F)C(CCCC)(OCCC)/C1=C(/C)Br. The summed E-state index contributed by atoms with van der Waals surface area (Å²) in [5.41, 5.74) is 0.446. The molecule has 2 atom stereocenters. The Kier molecular flexibility index (Phi) is 8.81. The first-order valence-corrected chi connectivity index (χ1v) is 11.0. The molecule has 1 aromatic carbocycles. The van der Waals surface area contributed by atoms with E-state index >= 15 is 4.39 Å². The molecule has 0 N–H and O–H groups in total. The summed E-state index contributed by atoms with van der Waals surface area (Å²) in [7, 11) is 0. The smallest absolute Gasteiger partial charge is 0.137 e. The number of halogens is 3. The van der Waals surface area contributed by atoms with Crippen LogP contribution in [0.15, 0.2) is 52.2 Å². The second-order valence-corrected chi connectivity index (χ2v) is 8.55. The van der Waals surface area contributed by atoms with Crippen LogP contribution in [0.5, 0.6) is 5.75 Å². The summed E-state index contributed by atoms with van der Waals surface area (Å²) >= 11 is 3.55. The van der Waals surface area contributed by atoms with Crippen molar-refractivity contribution >= 4 is 15.9 Å². The Morgan fingerprint density at radius 1 is 1.37 bits per heavy atom. The van der Waals surface area contributed by atoms with Gasteiger partial charge in [0.05, 0.1) is 11.6 Å². The minimum Gasteiger partial charge on any atom is -0.457 e. The summed E-state index contributed by atoms with van der Waals surface area (Å²) in [5, 5.41) is 9.09. The third-order valence-electron chi connectivity index (χ3n) is 5.14. The fourth-order valence-electron chi connectivity index (χ4n) is 3.86. The zero-order valence-electron chi connectivity index (χ0n) is 17.7. The molecule has 0 aromatic heterocycles. The van der Waals surface area contributed by atoms with Gasteiger partial charge in [0, 0.05) is 30.2 Å². The highest BCUT2D eigenvalue weighted by atomic mass is 79.9. The Morgan fingerprint density at radius 3 is 2.67 bits per heavy atom. The average Bonchev–Trinajstić information content (AvgIpc) is 3.00. The Morgan fingerprint density at radius 2 is 2.10 bits per heavy atom. The van der Waals surface area contributed by atoms with Crippen molar-refractivity contribution in [1.29, 1.82) is 5.26 Å². The first-order valence-electron chi connectivity index (χ1n) is 10.2. The molecule has 0 radical (unpaired) electrons. The topological polar surface area (TPSA) is 42.2 Å². The van der Waals surface area contributed by atoms with Gasteiger partial charge in [-0.1, -0.05) is 49.2 Å². The Bertz CT molecular complexity index is 874. The molecule has 2 rings (SSSR count). The summed E-state index contributed by atoms with van der Waals surface area (Å²) in [6.07, 6.45) is 3.42. The van der Waals surface area contributed by atoms with Crippen molar-refractivity contribution in [3.8, 4) is 11.8 Å². The van der Waals surface area contributed by atoms with Gasteiger partial charge in [0.25, 0.3) is 0 Å². The lowest BCUT2D eigenvalue weighted by Crippen LogP contribution is -2.40. The van der Waals surface area contributed by atoms with Crippen LogP contribution >= 0.6 is 15.9 Å². The lowest BCUT2D eigenvalue weighted by Gasteiger charge is -2.34. The van der Waals surface area contributed by atoms with Crippen molar-refractivity contribution in [2.45, 2.75) is 64.6 Å². The maximum absolute atomic E-state index is 15.6. The molecule has 6 heteroatoms. The number of nitriles is 1. The molecule has 1 aliphatic rings. The normalized spacial score (nSPS) is 24.4. The van der Waals surface area contributed by atoms with Crippen molar-refractivity contribution < 1.29 is 18.3 Å². The highest BCUT2D eigenvalue weighted by molar-refractivity contribution is 9.11. The zero-order valence-corrected chi connectivity index (χ0v) is 19.3. The molecule has 3 nitrogen and oxygen atoms in total. The molecule has 0 heterocycles. The van der Waals surface area contributed by atoms with Crippen molar-refractivity contribution in [3.63, 3.8) is 0 Å². The first-order chi connectivity index (χ1) is 14.3. The second kappa shape index (κ2) is 10.9. The maximum Gasteiger partial charge on any atom is 0.137 e. The van der Waals surface area contributed by atoms with Gasteiger partial charge in [0.1, 0.15) is 29.1 Å². The van der Waals surface area contributed by atoms with Gasteiger partial charge in [-0.3, -0.25) is 0 Å². The van der Waals surface area contributed by atoms with Crippen LogP contribution in [0.25, 0.3) is 0 Å². The molecule has 0 saturated heterocycles. The molecular formula is C24H28BrF2NO2. The fraction of sp³-hybridized carbons (Fsp3) is 0.458. The van der Waals surface area contributed by atoms with E-state index < -0.39 is 17.6 Å². The fourth-order valence-corrected chi connectivity index (χ4v) is 4.44. The number of unbranched alkanes of at least 4 members (excludes halogenated alkanes) is 1. The van der Waals surface area contributed by atoms with E-state index in [9.17, 15) is 4.39 Å². The molecule has 0 amide bonds. The van der Waals surface area contributed by atoms with Crippen LogP contribution in [0.2, 0.25) is 0 Å². The highest BCUT2D eigenvalue weighted by Gasteiger charge is 2.52. The molecule has 2 unspecified atom stereocenters. The van der Waals surface area contributed by atoms with Crippen LogP contribution in [-0.2, 0) is 4.74 Å². The molecule has 0 bridgehead atoms. The quantitative estimate of drug-likeness (QED) is 0.349. The third-order valence-corrected chi connectivity index (χ3v) is 5.53. The van der Waals surface area contributed by atoms with E-state index in [0.29, 0.717) is 24.4 Å². The Balaban J connectivity index is 2.58. The number of nitrogens with zero attached hydrogens (tertiary/aromatic N) is 1. The van der Waals surface area contributed by atoms with E-state index in [0.717, 1.165) is 35.4 Å². The average molecular weight is 480 g/mol. The monoisotopic (exact) mass is 479 g/mol. The van der Waals surface area contributed by atoms with Crippen LogP contribution in [0.3, 0.4) is 0 Å². The number of alkyl halides is 1. The summed E-state index contributed by atoms with van der Waals surface area (Å²) in [4.78, 5) is 0. The summed E-state index contributed by atoms with van der Waals surface area (Å²) < 4.78 is 42.2. The zero-order chi connectivity index (χ0) is 22.3. The second-order valence-electron chi connectivity index (χ2n) is 7.36. The van der Waals surface area contributed by atoms with Crippen molar-refractivity contribution in [2.75, 3.05) is 6.61 Å². The largest absolute Gasteiger partial charge is 0.457 e. The predicted octanol–water partition coefficient (Wildman–Crippen LogP) is 7.28. The van der Waals surface area contributed by atoms with Gasteiger partial charge in [-0.25, -0.2) is 8.78 Å². The van der Waals surface area contributed by atoms with Gasteiger partial charge in [-0.05, 0) is 42.5 Å². The molecule has 0 aliphatic heterocycles. The highest BCUT2D eigenvalue weighted by Crippen LogP contribution is 2.51. The Labute approximate surface area is 186 Å². The van der Waals surface area contributed by atoms with Crippen molar-refractivity contribution in [2.24, 2.45) is 0 Å². The van der Waals surface area contributed by atoms with E-state index in [-0.39, 0.29) is 17.7 Å². The maximum atomic E-state index is 15.6. The van der Waals surface area contributed by atoms with E-state index in [4.69, 9.17) is 14.7 Å². The van der Waals surface area contributed by atoms with E-state index in [2.05, 4.69) is 29.4 Å². The van der Waals surface area contributed by atoms with Gasteiger partial charge in [0.15, 0.2) is 0 Å². The molecule has 1 aromatic rings. The van der Waals surface area contributed by atoms with Crippen molar-refractivity contribution in [3.05, 3.63) is 63.6 Å². The summed E-state index contributed by atoms with van der Waals surface area (Å²) in [6, 6.07) is 5.66. The van der Waals surface area contributed by atoms with E-state index in [1.165, 1.54) is 18.2 Å². The predicted molar refractivity (Wildman–Crippen MR) is 119 cm³/mol. The van der Waals surface area contributed by atoms with Gasteiger partial charge in [-0.2, -0.15) is 5.26 Å². The van der Waals surface area contributed by atoms with Crippen LogP contribution in [0.1, 0.15) is 58.4 Å². The van der Waals surface area contributed by atoms with Gasteiger partial charge < -0.3 is 9.47 Å². The molecule has 30 heavy (non-hydrogen) atoms. The third kappa shape index (κ3) is 5.19. The van der Waals surface area contributed by atoms with Gasteiger partial charge in [-0.15, -0.1) is 0 Å². The molecular weight excluding hydrogens is 452 g/mol. The number of hydrogen-bond acceptors (Lipinski definition) is 3. The number of ether oxygens (including phenoxy) is 2. The molecule has 1 aliphatic carbocycles. The minimum absolute atomic E-state index is 0.105. The van der Waals surface area contributed by atoms with Crippen LogP contribution in [-0.4, -0.2) is 18.4 Å². The van der Waals surface area contributed by atoms with Crippen LogP contribution in [0, 0.1) is 17.1 Å². The van der Waals surface area contributed by atoms with Crippen molar-refractivity contribution in [1.82, 2.24) is 0 Å². The van der Waals surface area contributed by atoms with Gasteiger partial charge >= 0.3 is 0 Å². The van der Waals surface area contributed by atoms with Crippen LogP contribution < -0.4 is 4.74 Å². The number of benzene rings is 1. The molecule has 162 valence electrons. The molecule has 1 fully saturated rings. The standard InChI is InChI=1S/C24H28BrF2NO2/c1-5-8-9-24(29-10-6-2)22(27)14-20(23(24)16(4)25)21(7-3)30-19-12-17(15-28)11-18(26)13-19/h7,11-13,22H,3,5-6,8-10,14H2,1-2,4H3/b21-20+,23-16-. The number of rotatable bonds is 9. The molecule has 1 saturated carbocycles. The summed E-state index contributed by atoms with van der Waals surface area (Å²) in [5.74, 6) is -0.0841. The molecule has 0 spiro atoms. The summed E-state index contributed by atoms with van der Waals surface area (Å²) in [6.45, 7) is 10.2. The lowest BCUT2D eigenvalue weighted by molar-refractivity contribution is -0.0630.